The van der Waals surface area contributed by atoms with Crippen LogP contribution in [0.2, 0.25) is 0 Å². The molecule has 2 heterocycles. The number of esters is 1. The summed E-state index contributed by atoms with van der Waals surface area (Å²) in [7, 11) is 1.34. The minimum Gasteiger partial charge on any atom is -0.465 e. The topological polar surface area (TPSA) is 65.2 Å². The summed E-state index contributed by atoms with van der Waals surface area (Å²) in [5.41, 5.74) is 2.14. The molecular formula is C10H10N2O3. The lowest BCUT2D eigenvalue weighted by Crippen LogP contribution is -2.03. The van der Waals surface area contributed by atoms with Crippen LogP contribution >= 0.6 is 0 Å². The van der Waals surface area contributed by atoms with Gasteiger partial charge in [0.1, 0.15) is 0 Å². The van der Waals surface area contributed by atoms with Crippen LogP contribution in [-0.2, 0) is 4.74 Å². The Morgan fingerprint density at radius 1 is 1.47 bits per heavy atom. The second kappa shape index (κ2) is 3.34. The fraction of sp³-hybridized carbons (Fsp3) is 0.300. The molecule has 0 bridgehead atoms. The molecule has 0 spiro atoms. The largest absolute Gasteiger partial charge is 0.465 e. The lowest BCUT2D eigenvalue weighted by Gasteiger charge is -2.01. The number of rotatable bonds is 1. The molecule has 0 radical (unpaired) electrons. The Labute approximate surface area is 86.0 Å². The van der Waals surface area contributed by atoms with E-state index in [4.69, 9.17) is 4.52 Å². The highest BCUT2D eigenvalue weighted by Crippen LogP contribution is 2.22. The summed E-state index contributed by atoms with van der Waals surface area (Å²) < 4.78 is 9.68. The van der Waals surface area contributed by atoms with Gasteiger partial charge >= 0.3 is 5.97 Å². The third-order valence-electron chi connectivity index (χ3n) is 2.15. The average Bonchev–Trinajstić information content (AvgIpc) is 2.58. The van der Waals surface area contributed by atoms with Crippen LogP contribution in [0.4, 0.5) is 0 Å². The second-order valence-electron chi connectivity index (χ2n) is 3.25. The maximum absolute atomic E-state index is 11.5. The van der Waals surface area contributed by atoms with Crippen molar-refractivity contribution >= 4 is 17.1 Å². The number of methoxy groups -OCH3 is 1. The van der Waals surface area contributed by atoms with Crippen LogP contribution < -0.4 is 0 Å². The van der Waals surface area contributed by atoms with Gasteiger partial charge in [-0.15, -0.1) is 0 Å². The summed E-state index contributed by atoms with van der Waals surface area (Å²) in [6.45, 7) is 3.54. The van der Waals surface area contributed by atoms with Crippen molar-refractivity contribution in [3.8, 4) is 0 Å². The molecule has 0 aliphatic rings. The number of fused-ring (bicyclic) bond motifs is 1. The van der Waals surface area contributed by atoms with Crippen molar-refractivity contribution in [1.29, 1.82) is 0 Å². The highest BCUT2D eigenvalue weighted by molar-refractivity contribution is 6.03. The Balaban J connectivity index is 2.80. The molecule has 15 heavy (non-hydrogen) atoms. The first-order valence-corrected chi connectivity index (χ1v) is 4.45. The third kappa shape index (κ3) is 1.45. The molecule has 5 heteroatoms. The fourth-order valence-corrected chi connectivity index (χ4v) is 1.49. The van der Waals surface area contributed by atoms with E-state index < -0.39 is 5.97 Å². The third-order valence-corrected chi connectivity index (χ3v) is 2.15. The lowest BCUT2D eigenvalue weighted by molar-refractivity contribution is 0.0602. The van der Waals surface area contributed by atoms with Gasteiger partial charge < -0.3 is 9.26 Å². The van der Waals surface area contributed by atoms with Crippen molar-refractivity contribution in [3.05, 3.63) is 23.0 Å². The number of nitrogens with zero attached hydrogens (tertiary/aromatic N) is 2. The van der Waals surface area contributed by atoms with Gasteiger partial charge in [0.25, 0.3) is 5.71 Å². The number of carbonyl (C=O) groups is 1. The summed E-state index contributed by atoms with van der Waals surface area (Å²) in [6, 6.07) is 1.67. The zero-order valence-corrected chi connectivity index (χ0v) is 8.70. The Morgan fingerprint density at radius 3 is 2.87 bits per heavy atom. The molecule has 0 fully saturated rings. The highest BCUT2D eigenvalue weighted by atomic mass is 16.5. The molecule has 0 aliphatic heterocycles. The molecule has 0 aliphatic carbocycles. The van der Waals surface area contributed by atoms with Gasteiger partial charge in [0.2, 0.25) is 0 Å². The molecule has 0 saturated heterocycles. The van der Waals surface area contributed by atoms with Gasteiger partial charge in [-0.1, -0.05) is 5.16 Å². The van der Waals surface area contributed by atoms with Crippen molar-refractivity contribution in [2.45, 2.75) is 13.8 Å². The molecule has 0 aromatic carbocycles. The van der Waals surface area contributed by atoms with Crippen LogP contribution in [0, 0.1) is 13.8 Å². The zero-order chi connectivity index (χ0) is 11.0. The van der Waals surface area contributed by atoms with Gasteiger partial charge in [0.05, 0.1) is 23.8 Å². The molecule has 78 valence electrons. The van der Waals surface area contributed by atoms with Crippen molar-refractivity contribution < 1.29 is 14.1 Å². The van der Waals surface area contributed by atoms with Crippen LogP contribution in [0.15, 0.2) is 10.6 Å². The maximum atomic E-state index is 11.5. The number of aromatic nitrogens is 2. The summed E-state index contributed by atoms with van der Waals surface area (Å²) in [6.07, 6.45) is 0. The van der Waals surface area contributed by atoms with Crippen molar-refractivity contribution in [2.24, 2.45) is 0 Å². The molecule has 2 rings (SSSR count). The summed E-state index contributed by atoms with van der Waals surface area (Å²) in [5.74, 6) is -0.406. The lowest BCUT2D eigenvalue weighted by atomic mass is 10.1. The zero-order valence-electron chi connectivity index (χ0n) is 8.70. The minimum absolute atomic E-state index is 0.368. The summed E-state index contributed by atoms with van der Waals surface area (Å²) in [5, 5.41) is 4.39. The van der Waals surface area contributed by atoms with Crippen molar-refractivity contribution in [2.75, 3.05) is 7.11 Å². The van der Waals surface area contributed by atoms with Crippen LogP contribution in [-0.4, -0.2) is 23.2 Å². The van der Waals surface area contributed by atoms with Crippen LogP contribution in [0.25, 0.3) is 11.1 Å². The first-order valence-electron chi connectivity index (χ1n) is 4.45. The van der Waals surface area contributed by atoms with E-state index in [2.05, 4.69) is 14.9 Å². The Kier molecular flexibility index (Phi) is 2.15. The van der Waals surface area contributed by atoms with E-state index in [9.17, 15) is 4.79 Å². The van der Waals surface area contributed by atoms with E-state index in [1.165, 1.54) is 7.11 Å². The average molecular weight is 206 g/mol. The van der Waals surface area contributed by atoms with Gasteiger partial charge in [-0.05, 0) is 19.9 Å². The van der Waals surface area contributed by atoms with Gasteiger partial charge in [-0.2, -0.15) is 0 Å². The van der Waals surface area contributed by atoms with E-state index in [-0.39, 0.29) is 0 Å². The number of pyridine rings is 1. The highest BCUT2D eigenvalue weighted by Gasteiger charge is 2.17. The smallest absolute Gasteiger partial charge is 0.338 e. The molecule has 0 unspecified atom stereocenters. The van der Waals surface area contributed by atoms with E-state index in [1.807, 2.05) is 0 Å². The van der Waals surface area contributed by atoms with Gasteiger partial charge in [0, 0.05) is 5.69 Å². The molecular weight excluding hydrogens is 196 g/mol. The van der Waals surface area contributed by atoms with Crippen molar-refractivity contribution in [3.63, 3.8) is 0 Å². The van der Waals surface area contributed by atoms with Crippen LogP contribution in [0.1, 0.15) is 21.7 Å². The number of ether oxygens (including phenoxy) is 1. The number of carbonyl (C=O) groups excluding carboxylic acids is 1. The molecule has 2 aromatic rings. The normalized spacial score (nSPS) is 10.6. The standard InChI is InChI=1S/C10H10N2O3/c1-5-4-7(10(13)14-3)8-6(2)12-15-9(8)11-5/h4H,1-3H3. The van der Waals surface area contributed by atoms with Crippen molar-refractivity contribution in [1.82, 2.24) is 10.1 Å². The van der Waals surface area contributed by atoms with Crippen LogP contribution in [0.5, 0.6) is 0 Å². The monoisotopic (exact) mass is 206 g/mol. The predicted molar refractivity (Wildman–Crippen MR) is 52.6 cm³/mol. The van der Waals surface area contributed by atoms with Gasteiger partial charge in [-0.3, -0.25) is 0 Å². The minimum atomic E-state index is -0.406. The molecule has 0 saturated carbocycles. The van der Waals surface area contributed by atoms with E-state index in [1.54, 1.807) is 19.9 Å². The fourth-order valence-electron chi connectivity index (χ4n) is 1.49. The number of hydrogen-bond acceptors (Lipinski definition) is 5. The Bertz CT molecular complexity index is 531. The maximum Gasteiger partial charge on any atom is 0.338 e. The molecule has 0 amide bonds. The molecule has 2 aromatic heterocycles. The predicted octanol–water partition coefficient (Wildman–Crippen LogP) is 1.63. The quantitative estimate of drug-likeness (QED) is 0.663. The molecule has 5 nitrogen and oxygen atoms in total. The first kappa shape index (κ1) is 9.64. The molecule has 0 N–H and O–H groups in total. The molecule has 0 atom stereocenters. The van der Waals surface area contributed by atoms with Gasteiger partial charge in [0.15, 0.2) is 0 Å². The Morgan fingerprint density at radius 2 is 2.20 bits per heavy atom. The van der Waals surface area contributed by atoms with Crippen LogP contribution in [0.3, 0.4) is 0 Å². The number of aryl methyl sites for hydroxylation is 2. The van der Waals surface area contributed by atoms with Gasteiger partial charge in [-0.25, -0.2) is 9.78 Å². The first-order chi connectivity index (χ1) is 7.13. The second-order valence-corrected chi connectivity index (χ2v) is 3.25. The van der Waals surface area contributed by atoms with E-state index in [0.717, 1.165) is 0 Å². The number of hydrogen-bond donors (Lipinski definition) is 0. The summed E-state index contributed by atoms with van der Waals surface area (Å²) in [4.78, 5) is 15.6. The van der Waals surface area contributed by atoms with E-state index >= 15 is 0 Å². The Hall–Kier alpha value is -1.91. The SMILES string of the molecule is COC(=O)c1cc(C)nc2onc(C)c12. The summed E-state index contributed by atoms with van der Waals surface area (Å²) >= 11 is 0. The van der Waals surface area contributed by atoms with E-state index in [0.29, 0.717) is 28.1 Å².